The van der Waals surface area contributed by atoms with Crippen molar-refractivity contribution < 1.29 is 18.3 Å². The first kappa shape index (κ1) is 20.1. The van der Waals surface area contributed by atoms with Crippen molar-refractivity contribution in [2.75, 3.05) is 0 Å². The first-order chi connectivity index (χ1) is 13.4. The Labute approximate surface area is 168 Å². The summed E-state index contributed by atoms with van der Waals surface area (Å²) in [4.78, 5) is 11.2. The first-order valence-corrected chi connectivity index (χ1v) is 10.3. The van der Waals surface area contributed by atoms with Crippen molar-refractivity contribution in [2.24, 2.45) is 0 Å². The van der Waals surface area contributed by atoms with E-state index in [1.54, 1.807) is 0 Å². The lowest BCUT2D eigenvalue weighted by Gasteiger charge is -2.23. The highest BCUT2D eigenvalue weighted by Gasteiger charge is 2.26. The molecule has 3 aromatic rings. The van der Waals surface area contributed by atoms with Crippen molar-refractivity contribution in [3.63, 3.8) is 0 Å². The number of halogens is 1. The molecule has 0 aromatic heterocycles. The minimum atomic E-state index is -3.96. The van der Waals surface area contributed by atoms with Gasteiger partial charge in [0.2, 0.25) is 10.0 Å². The van der Waals surface area contributed by atoms with Gasteiger partial charge in [0.05, 0.1) is 15.5 Å². The quantitative estimate of drug-likeness (QED) is 0.619. The van der Waals surface area contributed by atoms with Crippen LogP contribution < -0.4 is 0 Å². The molecular weight excluding hydrogens is 398 g/mol. The second kappa shape index (κ2) is 8.56. The van der Waals surface area contributed by atoms with Crippen LogP contribution in [-0.2, 0) is 23.1 Å². The molecule has 0 amide bonds. The van der Waals surface area contributed by atoms with Crippen LogP contribution in [0.25, 0.3) is 0 Å². The van der Waals surface area contributed by atoms with Crippen LogP contribution in [0, 0.1) is 0 Å². The average molecular weight is 416 g/mol. The van der Waals surface area contributed by atoms with Gasteiger partial charge >= 0.3 is 5.97 Å². The van der Waals surface area contributed by atoms with Gasteiger partial charge in [-0.2, -0.15) is 4.31 Å². The minimum Gasteiger partial charge on any atom is -0.478 e. The fourth-order valence-corrected chi connectivity index (χ4v) is 4.42. The normalized spacial score (nSPS) is 11.5. The van der Waals surface area contributed by atoms with Crippen molar-refractivity contribution in [2.45, 2.75) is 18.0 Å². The molecule has 0 unspecified atom stereocenters. The maximum absolute atomic E-state index is 13.3. The first-order valence-electron chi connectivity index (χ1n) is 8.49. The van der Waals surface area contributed by atoms with Gasteiger partial charge in [-0.25, -0.2) is 13.2 Å². The summed E-state index contributed by atoms with van der Waals surface area (Å²) in [6.45, 7) is 0.312. The molecule has 0 bridgehead atoms. The molecule has 0 saturated carbocycles. The van der Waals surface area contributed by atoms with Crippen molar-refractivity contribution in [1.29, 1.82) is 0 Å². The summed E-state index contributed by atoms with van der Waals surface area (Å²) in [5.41, 5.74) is 1.41. The molecule has 0 aliphatic heterocycles. The number of aromatic carboxylic acids is 1. The summed E-state index contributed by atoms with van der Waals surface area (Å²) in [5, 5.41) is 9.26. The zero-order chi connectivity index (χ0) is 20.1. The third kappa shape index (κ3) is 4.59. The number of nitrogens with zero attached hydrogens (tertiary/aromatic N) is 1. The summed E-state index contributed by atoms with van der Waals surface area (Å²) in [7, 11) is -3.96. The molecule has 0 spiro atoms. The third-order valence-corrected chi connectivity index (χ3v) is 6.33. The average Bonchev–Trinajstić information content (AvgIpc) is 2.69. The zero-order valence-corrected chi connectivity index (χ0v) is 16.4. The van der Waals surface area contributed by atoms with Gasteiger partial charge in [0.25, 0.3) is 0 Å². The molecule has 0 aliphatic rings. The SMILES string of the molecule is O=C(O)c1cc(S(=O)(=O)N(Cc2ccccc2)Cc2ccccc2)ccc1Cl. The molecule has 0 saturated heterocycles. The predicted octanol–water partition coefficient (Wildman–Crippen LogP) is 4.43. The lowest BCUT2D eigenvalue weighted by molar-refractivity contribution is 0.0697. The zero-order valence-electron chi connectivity index (χ0n) is 14.8. The second-order valence-corrected chi connectivity index (χ2v) is 8.54. The number of carboxylic acid groups (broad SMARTS) is 1. The van der Waals surface area contributed by atoms with Gasteiger partial charge in [-0.05, 0) is 29.3 Å². The largest absolute Gasteiger partial charge is 0.478 e. The molecular formula is C21H18ClNO4S. The molecule has 28 heavy (non-hydrogen) atoms. The monoisotopic (exact) mass is 415 g/mol. The van der Waals surface area contributed by atoms with Crippen LogP contribution in [0.3, 0.4) is 0 Å². The van der Waals surface area contributed by atoms with Crippen molar-refractivity contribution in [1.82, 2.24) is 4.31 Å². The van der Waals surface area contributed by atoms with E-state index in [0.29, 0.717) is 0 Å². The highest BCUT2D eigenvalue weighted by atomic mass is 35.5. The maximum Gasteiger partial charge on any atom is 0.337 e. The molecule has 0 fully saturated rings. The Morgan fingerprint density at radius 2 is 1.36 bits per heavy atom. The molecule has 3 rings (SSSR count). The number of carboxylic acids is 1. The minimum absolute atomic E-state index is 0.0101. The Morgan fingerprint density at radius 1 is 0.857 bits per heavy atom. The number of hydrogen-bond acceptors (Lipinski definition) is 3. The summed E-state index contributed by atoms with van der Waals surface area (Å²) in [6.07, 6.45) is 0. The number of hydrogen-bond donors (Lipinski definition) is 1. The van der Waals surface area contributed by atoms with Gasteiger partial charge in [-0.3, -0.25) is 0 Å². The van der Waals surface area contributed by atoms with Crippen molar-refractivity contribution >= 4 is 27.6 Å². The highest BCUT2D eigenvalue weighted by Crippen LogP contribution is 2.25. The smallest absolute Gasteiger partial charge is 0.337 e. The topological polar surface area (TPSA) is 74.7 Å². The van der Waals surface area contributed by atoms with E-state index in [1.807, 2.05) is 60.7 Å². The van der Waals surface area contributed by atoms with E-state index in [9.17, 15) is 18.3 Å². The van der Waals surface area contributed by atoms with Crippen LogP contribution in [0.4, 0.5) is 0 Å². The van der Waals surface area contributed by atoms with Gasteiger partial charge in [-0.15, -0.1) is 0 Å². The van der Waals surface area contributed by atoms with Crippen LogP contribution in [0.5, 0.6) is 0 Å². The molecule has 144 valence electrons. The van der Waals surface area contributed by atoms with E-state index >= 15 is 0 Å². The van der Waals surface area contributed by atoms with E-state index in [4.69, 9.17) is 11.6 Å². The van der Waals surface area contributed by atoms with Gasteiger partial charge in [0.15, 0.2) is 0 Å². The van der Waals surface area contributed by atoms with Crippen LogP contribution in [-0.4, -0.2) is 23.8 Å². The number of carbonyl (C=O) groups is 1. The van der Waals surface area contributed by atoms with Gasteiger partial charge in [-0.1, -0.05) is 72.3 Å². The number of benzene rings is 3. The van der Waals surface area contributed by atoms with Gasteiger partial charge in [0.1, 0.15) is 0 Å². The van der Waals surface area contributed by atoms with Crippen molar-refractivity contribution in [3.05, 3.63) is 101 Å². The van der Waals surface area contributed by atoms with Gasteiger partial charge in [0, 0.05) is 13.1 Å². The molecule has 7 heteroatoms. The molecule has 0 heterocycles. The summed E-state index contributed by atoms with van der Waals surface area (Å²) in [5.74, 6) is -1.28. The van der Waals surface area contributed by atoms with E-state index in [2.05, 4.69) is 0 Å². The standard InChI is InChI=1S/C21H18ClNO4S/c22-20-12-11-18(13-19(20)21(24)25)28(26,27)23(14-16-7-3-1-4-8-16)15-17-9-5-2-6-10-17/h1-13H,14-15H2,(H,24,25). The lowest BCUT2D eigenvalue weighted by Crippen LogP contribution is -2.30. The summed E-state index contributed by atoms with van der Waals surface area (Å²) >= 11 is 5.89. The summed E-state index contributed by atoms with van der Waals surface area (Å²) < 4.78 is 28.0. The molecule has 1 N–H and O–H groups in total. The Kier molecular flexibility index (Phi) is 6.14. The van der Waals surface area contributed by atoms with Gasteiger partial charge < -0.3 is 5.11 Å². The Bertz CT molecular complexity index is 1030. The molecule has 0 radical (unpaired) electrons. The number of rotatable bonds is 7. The van der Waals surface area contributed by atoms with E-state index in [0.717, 1.165) is 17.2 Å². The fraction of sp³-hybridized carbons (Fsp3) is 0.0952. The molecule has 3 aromatic carbocycles. The Balaban J connectivity index is 2.02. The van der Waals surface area contributed by atoms with E-state index < -0.39 is 16.0 Å². The van der Waals surface area contributed by atoms with Crippen LogP contribution >= 0.6 is 11.6 Å². The third-order valence-electron chi connectivity index (χ3n) is 4.21. The fourth-order valence-electron chi connectivity index (χ4n) is 2.78. The van der Waals surface area contributed by atoms with Crippen LogP contribution in [0.2, 0.25) is 5.02 Å². The molecule has 0 aliphatic carbocycles. The lowest BCUT2D eigenvalue weighted by atomic mass is 10.2. The second-order valence-electron chi connectivity index (χ2n) is 6.19. The predicted molar refractivity (Wildman–Crippen MR) is 108 cm³/mol. The Hall–Kier alpha value is -2.67. The molecule has 5 nitrogen and oxygen atoms in total. The van der Waals surface area contributed by atoms with E-state index in [-0.39, 0.29) is 28.6 Å². The highest BCUT2D eigenvalue weighted by molar-refractivity contribution is 7.89. The maximum atomic E-state index is 13.3. The molecule has 0 atom stereocenters. The van der Waals surface area contributed by atoms with Crippen LogP contribution in [0.15, 0.2) is 83.8 Å². The van der Waals surface area contributed by atoms with Crippen molar-refractivity contribution in [3.8, 4) is 0 Å². The van der Waals surface area contributed by atoms with Crippen LogP contribution in [0.1, 0.15) is 21.5 Å². The Morgan fingerprint density at radius 3 is 1.82 bits per heavy atom. The number of sulfonamides is 1. The van der Waals surface area contributed by atoms with E-state index in [1.165, 1.54) is 16.4 Å². The summed E-state index contributed by atoms with van der Waals surface area (Å²) in [6, 6.07) is 22.2.